The zero-order chi connectivity index (χ0) is 25.3. The Morgan fingerprint density at radius 2 is 1.21 bits per heavy atom. The Morgan fingerprint density at radius 3 is 1.59 bits per heavy atom. The largest absolute Gasteiger partial charge is 0.370 e. The van der Waals surface area contributed by atoms with Gasteiger partial charge in [0.1, 0.15) is 17.2 Å². The first kappa shape index (κ1) is 25.1. The highest BCUT2D eigenvalue weighted by Gasteiger charge is 2.22. The van der Waals surface area contributed by atoms with Crippen LogP contribution in [0.25, 0.3) is 0 Å². The molecular weight excluding hydrogens is 488 g/mol. The molecule has 0 unspecified atom stereocenters. The minimum atomic E-state index is -4.38. The third kappa shape index (κ3) is 5.49. The average Bonchev–Trinajstić information content (AvgIpc) is 2.76. The van der Waals surface area contributed by atoms with Gasteiger partial charge < -0.3 is 15.5 Å². The molecule has 12 nitrogen and oxygen atoms in total. The maximum Gasteiger partial charge on any atom is 0.360 e. The van der Waals surface area contributed by atoms with Crippen molar-refractivity contribution in [2.75, 3.05) is 10.6 Å². The number of anilines is 4. The van der Waals surface area contributed by atoms with Gasteiger partial charge in [0.25, 0.3) is 20.2 Å². The Bertz CT molecular complexity index is 1450. The standard InChI is InChI=1S/C20H20N4O8S2/c1-11-12(2)18(22-13-3-7-15(8-4-13)33(26,27)28)24-19(17(11)20(25)32-21)23-14-5-9-16(10-6-14)34(29,30)31/h3-10H,21H2,1-2H3,(H2,22,23,24)(H,26,27,28)(H,29,30,31). The molecule has 34 heavy (non-hydrogen) atoms. The molecule has 0 aliphatic heterocycles. The molecule has 180 valence electrons. The van der Waals surface area contributed by atoms with Crippen molar-refractivity contribution in [1.29, 1.82) is 0 Å². The van der Waals surface area contributed by atoms with Crippen LogP contribution in [0.3, 0.4) is 0 Å². The van der Waals surface area contributed by atoms with Gasteiger partial charge in [-0.05, 0) is 73.5 Å². The van der Waals surface area contributed by atoms with E-state index >= 15 is 0 Å². The SMILES string of the molecule is Cc1c(Nc2ccc(S(=O)(=O)O)cc2)nc(Nc2ccc(S(=O)(=O)O)cc2)c(C(=O)ON)c1C. The molecule has 0 spiro atoms. The van der Waals surface area contributed by atoms with E-state index in [0.29, 0.717) is 28.3 Å². The van der Waals surface area contributed by atoms with Crippen molar-refractivity contribution in [1.82, 2.24) is 4.98 Å². The van der Waals surface area contributed by atoms with Gasteiger partial charge in [-0.1, -0.05) is 0 Å². The van der Waals surface area contributed by atoms with Gasteiger partial charge in [-0.25, -0.2) is 9.78 Å². The number of benzene rings is 2. The highest BCUT2D eigenvalue weighted by molar-refractivity contribution is 7.86. The minimum absolute atomic E-state index is 0.0335. The van der Waals surface area contributed by atoms with Gasteiger partial charge in [-0.15, -0.1) is 0 Å². The van der Waals surface area contributed by atoms with Crippen LogP contribution in [0.1, 0.15) is 21.5 Å². The van der Waals surface area contributed by atoms with Crippen LogP contribution in [0.2, 0.25) is 0 Å². The van der Waals surface area contributed by atoms with Gasteiger partial charge in [0.15, 0.2) is 0 Å². The van der Waals surface area contributed by atoms with E-state index < -0.39 is 26.2 Å². The smallest absolute Gasteiger partial charge is 0.360 e. The summed E-state index contributed by atoms with van der Waals surface area (Å²) in [5.74, 6) is 4.56. The Labute approximate surface area is 195 Å². The molecule has 0 aliphatic carbocycles. The maximum atomic E-state index is 12.3. The van der Waals surface area contributed by atoms with Crippen LogP contribution in [0.5, 0.6) is 0 Å². The number of rotatable bonds is 7. The second-order valence-corrected chi connectivity index (χ2v) is 9.93. The number of carbonyl (C=O) groups is 1. The molecule has 1 aromatic heterocycles. The first-order valence-electron chi connectivity index (χ1n) is 9.42. The van der Waals surface area contributed by atoms with Crippen molar-refractivity contribution >= 4 is 49.2 Å². The van der Waals surface area contributed by atoms with Gasteiger partial charge in [0, 0.05) is 11.4 Å². The topological polar surface area (TPSA) is 198 Å². The van der Waals surface area contributed by atoms with Crippen LogP contribution in [0.4, 0.5) is 23.0 Å². The highest BCUT2D eigenvalue weighted by atomic mass is 32.2. The highest BCUT2D eigenvalue weighted by Crippen LogP contribution is 2.31. The summed E-state index contributed by atoms with van der Waals surface area (Å²) in [6.07, 6.45) is 0. The Balaban J connectivity index is 2.03. The number of pyridine rings is 1. The van der Waals surface area contributed by atoms with Gasteiger partial charge in [0.05, 0.1) is 9.79 Å². The average molecular weight is 509 g/mol. The Kier molecular flexibility index (Phi) is 6.90. The Morgan fingerprint density at radius 1 is 0.794 bits per heavy atom. The van der Waals surface area contributed by atoms with Crippen LogP contribution < -0.4 is 16.5 Å². The predicted octanol–water partition coefficient (Wildman–Crippen LogP) is 2.71. The van der Waals surface area contributed by atoms with Crippen molar-refractivity contribution in [3.8, 4) is 0 Å². The number of aromatic nitrogens is 1. The summed E-state index contributed by atoms with van der Waals surface area (Å²) in [5, 5.41) is 5.90. The molecule has 0 fully saturated rings. The van der Waals surface area contributed by atoms with Crippen LogP contribution in [0, 0.1) is 13.8 Å². The van der Waals surface area contributed by atoms with E-state index in [9.17, 15) is 21.6 Å². The van der Waals surface area contributed by atoms with Gasteiger partial charge in [-0.3, -0.25) is 9.11 Å². The van der Waals surface area contributed by atoms with E-state index in [1.807, 2.05) is 0 Å². The van der Waals surface area contributed by atoms with Crippen LogP contribution >= 0.6 is 0 Å². The summed E-state index contributed by atoms with van der Waals surface area (Å²) in [6, 6.07) is 10.3. The van der Waals surface area contributed by atoms with E-state index in [0.717, 1.165) is 12.1 Å². The third-order valence-corrected chi connectivity index (χ3v) is 6.63. The summed E-state index contributed by atoms with van der Waals surface area (Å²) in [7, 11) is -8.73. The number of carbonyl (C=O) groups excluding carboxylic acids is 1. The fourth-order valence-corrected chi connectivity index (χ4v) is 3.97. The van der Waals surface area contributed by atoms with Gasteiger partial charge >= 0.3 is 5.97 Å². The van der Waals surface area contributed by atoms with Gasteiger partial charge in [-0.2, -0.15) is 22.7 Å². The summed E-state index contributed by atoms with van der Waals surface area (Å²) < 4.78 is 63.2. The fourth-order valence-electron chi connectivity index (χ4n) is 3.01. The number of nitrogens with one attached hydrogen (secondary N) is 2. The lowest BCUT2D eigenvalue weighted by Gasteiger charge is -2.18. The van der Waals surface area contributed by atoms with Gasteiger partial charge in [0.2, 0.25) is 0 Å². The molecule has 3 rings (SSSR count). The molecule has 0 saturated heterocycles. The fraction of sp³-hybridized carbons (Fsp3) is 0.100. The van der Waals surface area contributed by atoms with E-state index in [1.54, 1.807) is 13.8 Å². The van der Waals surface area contributed by atoms with Crippen molar-refractivity contribution in [2.24, 2.45) is 5.90 Å². The summed E-state index contributed by atoms with van der Waals surface area (Å²) in [6.45, 7) is 3.33. The second-order valence-electron chi connectivity index (χ2n) is 7.09. The van der Waals surface area contributed by atoms with Crippen molar-refractivity contribution in [3.05, 3.63) is 65.2 Å². The van der Waals surface area contributed by atoms with E-state index in [1.165, 1.54) is 36.4 Å². The first-order chi connectivity index (χ1) is 15.8. The molecule has 0 aliphatic rings. The molecule has 3 aromatic rings. The zero-order valence-electron chi connectivity index (χ0n) is 17.8. The molecule has 0 amide bonds. The molecule has 0 atom stereocenters. The lowest BCUT2D eigenvalue weighted by atomic mass is 10.0. The predicted molar refractivity (Wildman–Crippen MR) is 122 cm³/mol. The molecule has 6 N–H and O–H groups in total. The number of hydrogen-bond donors (Lipinski definition) is 5. The molecular formula is C20H20N4O8S2. The molecule has 14 heteroatoms. The summed E-state index contributed by atoms with van der Waals surface area (Å²) in [4.78, 5) is 20.6. The van der Waals surface area contributed by atoms with Crippen LogP contribution in [0.15, 0.2) is 58.3 Å². The van der Waals surface area contributed by atoms with E-state index in [2.05, 4.69) is 20.5 Å². The first-order valence-corrected chi connectivity index (χ1v) is 12.3. The van der Waals surface area contributed by atoms with Crippen molar-refractivity contribution in [2.45, 2.75) is 23.6 Å². The van der Waals surface area contributed by atoms with Crippen LogP contribution in [-0.4, -0.2) is 36.9 Å². The molecule has 0 bridgehead atoms. The minimum Gasteiger partial charge on any atom is -0.370 e. The number of nitrogens with two attached hydrogens (primary N) is 1. The quantitative estimate of drug-likeness (QED) is 0.231. The third-order valence-electron chi connectivity index (χ3n) is 4.89. The monoisotopic (exact) mass is 508 g/mol. The normalized spacial score (nSPS) is 11.7. The van der Waals surface area contributed by atoms with Crippen molar-refractivity contribution in [3.63, 3.8) is 0 Å². The van der Waals surface area contributed by atoms with Crippen molar-refractivity contribution < 1.29 is 35.6 Å². The Hall–Kier alpha value is -3.56. The molecule has 1 heterocycles. The molecule has 0 radical (unpaired) electrons. The van der Waals surface area contributed by atoms with E-state index in [4.69, 9.17) is 15.0 Å². The van der Waals surface area contributed by atoms with E-state index in [-0.39, 0.29) is 21.2 Å². The molecule has 0 saturated carbocycles. The lowest BCUT2D eigenvalue weighted by molar-refractivity contribution is 0.0503. The summed E-state index contributed by atoms with van der Waals surface area (Å²) in [5.41, 5.74) is 1.86. The number of hydrogen-bond acceptors (Lipinski definition) is 10. The maximum absolute atomic E-state index is 12.3. The van der Waals surface area contributed by atoms with Crippen LogP contribution in [-0.2, 0) is 25.1 Å². The molecule has 2 aromatic carbocycles. The lowest BCUT2D eigenvalue weighted by Crippen LogP contribution is -2.17. The number of nitrogens with zero attached hydrogens (tertiary/aromatic N) is 1. The summed E-state index contributed by atoms with van der Waals surface area (Å²) >= 11 is 0. The zero-order valence-corrected chi connectivity index (χ0v) is 19.4. The second kappa shape index (κ2) is 9.36.